The molecule has 0 aromatic rings. The topological polar surface area (TPSA) is 60.1 Å². The van der Waals surface area contributed by atoms with Crippen LogP contribution in [-0.4, -0.2) is 65.4 Å². The van der Waals surface area contributed by atoms with E-state index in [4.69, 9.17) is 0 Å². The maximum Gasteiger partial charge on any atom is 0.0137 e. The smallest absolute Gasteiger partial charge is 0.0137 e. The lowest BCUT2D eigenvalue weighted by molar-refractivity contribution is 0.339. The van der Waals surface area contributed by atoms with Gasteiger partial charge in [0.2, 0.25) is 0 Å². The highest BCUT2D eigenvalue weighted by Crippen LogP contribution is 2.39. The number of hydrogen-bond acceptors (Lipinski definition) is 5. The molecule has 5 heterocycles. The van der Waals surface area contributed by atoms with Crippen molar-refractivity contribution in [1.29, 1.82) is 0 Å². The van der Waals surface area contributed by atoms with Crippen LogP contribution in [0.3, 0.4) is 0 Å². The van der Waals surface area contributed by atoms with Gasteiger partial charge in [-0.2, -0.15) is 0 Å². The highest BCUT2D eigenvalue weighted by Gasteiger charge is 2.36. The Hall–Kier alpha value is -0.460. The van der Waals surface area contributed by atoms with Crippen LogP contribution in [0.5, 0.6) is 0 Å². The van der Waals surface area contributed by atoms with Crippen LogP contribution in [0.1, 0.15) is 126 Å². The van der Waals surface area contributed by atoms with E-state index in [-0.39, 0.29) is 7.43 Å². The molecule has 1 aliphatic carbocycles. The fourth-order valence-electron chi connectivity index (χ4n) is 6.12. The molecule has 5 heteroatoms. The van der Waals surface area contributed by atoms with E-state index in [0.717, 1.165) is 36.1 Å². The van der Waals surface area contributed by atoms with Crippen LogP contribution >= 0.6 is 0 Å². The first-order valence-corrected chi connectivity index (χ1v) is 17.8. The van der Waals surface area contributed by atoms with Gasteiger partial charge in [-0.25, -0.2) is 0 Å². The van der Waals surface area contributed by atoms with Crippen molar-refractivity contribution in [3.05, 3.63) is 11.6 Å². The molecule has 0 aromatic heterocycles. The highest BCUT2D eigenvalue weighted by atomic mass is 14.9. The van der Waals surface area contributed by atoms with Gasteiger partial charge in [0.1, 0.15) is 0 Å². The van der Waals surface area contributed by atoms with Crippen LogP contribution < -0.4 is 26.6 Å². The molecule has 5 N–H and O–H groups in total. The van der Waals surface area contributed by atoms with Crippen molar-refractivity contribution in [1.82, 2.24) is 26.6 Å². The molecule has 6 aliphatic rings. The Kier molecular flexibility index (Phi) is 28.0. The Morgan fingerprint density at radius 3 is 1.41 bits per heavy atom. The van der Waals surface area contributed by atoms with E-state index in [1.54, 1.807) is 5.57 Å². The molecule has 5 nitrogen and oxygen atoms in total. The molecular formula is C36H77N5. The summed E-state index contributed by atoms with van der Waals surface area (Å²) < 4.78 is 0. The molecule has 1 saturated carbocycles. The van der Waals surface area contributed by atoms with Gasteiger partial charge >= 0.3 is 0 Å². The molecule has 6 rings (SSSR count). The quantitative estimate of drug-likeness (QED) is 0.225. The third-order valence-corrected chi connectivity index (χ3v) is 9.33. The zero-order valence-electron chi connectivity index (χ0n) is 28.0. The number of rotatable bonds is 4. The van der Waals surface area contributed by atoms with Crippen LogP contribution in [-0.2, 0) is 0 Å². The molecule has 4 saturated heterocycles. The molecule has 3 unspecified atom stereocenters. The van der Waals surface area contributed by atoms with Gasteiger partial charge in [0, 0.05) is 6.54 Å². The van der Waals surface area contributed by atoms with E-state index in [1.807, 2.05) is 0 Å². The lowest BCUT2D eigenvalue weighted by Crippen LogP contribution is -2.41. The summed E-state index contributed by atoms with van der Waals surface area (Å²) >= 11 is 0. The van der Waals surface area contributed by atoms with E-state index in [9.17, 15) is 0 Å². The summed E-state index contributed by atoms with van der Waals surface area (Å²) in [5.41, 5.74) is 1.61. The molecule has 246 valence electrons. The van der Waals surface area contributed by atoms with Gasteiger partial charge < -0.3 is 26.6 Å². The average molecular weight is 580 g/mol. The fourth-order valence-corrected chi connectivity index (χ4v) is 6.12. The summed E-state index contributed by atoms with van der Waals surface area (Å²) in [4.78, 5) is 0. The highest BCUT2D eigenvalue weighted by molar-refractivity contribution is 5.05. The number of fused-ring (bicyclic) bond motifs is 1. The Morgan fingerprint density at radius 2 is 1.15 bits per heavy atom. The SMILES string of the molecule is C.C1CCNCC1.CCC.CCC1=CCNCC1.CCC1CC2CNCC2C1.CCC1CCNC1.CCC1CNC1. The summed E-state index contributed by atoms with van der Waals surface area (Å²) in [5.74, 6) is 5.15. The zero-order valence-corrected chi connectivity index (χ0v) is 28.0. The first-order chi connectivity index (χ1) is 19.6. The summed E-state index contributed by atoms with van der Waals surface area (Å²) in [6, 6.07) is 0. The largest absolute Gasteiger partial charge is 0.317 e. The van der Waals surface area contributed by atoms with Crippen LogP contribution in [0.15, 0.2) is 11.6 Å². The van der Waals surface area contributed by atoms with Gasteiger partial charge in [-0.3, -0.25) is 0 Å². The first kappa shape index (κ1) is 40.5. The molecule has 5 fully saturated rings. The third kappa shape index (κ3) is 20.2. The Labute approximate surface area is 259 Å². The van der Waals surface area contributed by atoms with Gasteiger partial charge in [0.25, 0.3) is 0 Å². The predicted molar refractivity (Wildman–Crippen MR) is 186 cm³/mol. The normalized spacial score (nSPS) is 27.9. The minimum atomic E-state index is 0. The Morgan fingerprint density at radius 1 is 0.585 bits per heavy atom. The average Bonchev–Trinajstić information content (AvgIpc) is 3.74. The fraction of sp³-hybridized carbons (Fsp3) is 0.944. The molecule has 3 atom stereocenters. The van der Waals surface area contributed by atoms with Crippen molar-refractivity contribution < 1.29 is 0 Å². The van der Waals surface area contributed by atoms with Gasteiger partial charge in [-0.1, -0.05) is 92.7 Å². The molecule has 5 aliphatic heterocycles. The van der Waals surface area contributed by atoms with Crippen LogP contribution in [0.25, 0.3) is 0 Å². The minimum absolute atomic E-state index is 0. The van der Waals surface area contributed by atoms with E-state index < -0.39 is 0 Å². The van der Waals surface area contributed by atoms with E-state index in [0.29, 0.717) is 0 Å². The lowest BCUT2D eigenvalue weighted by Gasteiger charge is -2.25. The lowest BCUT2D eigenvalue weighted by atomic mass is 10.0. The van der Waals surface area contributed by atoms with Crippen molar-refractivity contribution in [2.24, 2.45) is 29.6 Å². The maximum absolute atomic E-state index is 3.47. The number of hydrogen-bond donors (Lipinski definition) is 5. The Bertz CT molecular complexity index is 540. The van der Waals surface area contributed by atoms with Crippen molar-refractivity contribution in [2.45, 2.75) is 126 Å². The maximum atomic E-state index is 3.47. The summed E-state index contributed by atoms with van der Waals surface area (Å²) in [6.45, 7) is 25.7. The third-order valence-electron chi connectivity index (χ3n) is 9.33. The minimum Gasteiger partial charge on any atom is -0.317 e. The second-order valence-corrected chi connectivity index (χ2v) is 12.8. The van der Waals surface area contributed by atoms with Gasteiger partial charge in [-0.15, -0.1) is 0 Å². The monoisotopic (exact) mass is 580 g/mol. The van der Waals surface area contributed by atoms with E-state index >= 15 is 0 Å². The van der Waals surface area contributed by atoms with Crippen molar-refractivity contribution in [3.63, 3.8) is 0 Å². The van der Waals surface area contributed by atoms with E-state index in [1.165, 1.54) is 136 Å². The molecule has 0 radical (unpaired) electrons. The molecular weight excluding hydrogens is 502 g/mol. The van der Waals surface area contributed by atoms with Crippen LogP contribution in [0.4, 0.5) is 0 Å². The van der Waals surface area contributed by atoms with Gasteiger partial charge in [0.05, 0.1) is 0 Å². The van der Waals surface area contributed by atoms with Crippen LogP contribution in [0.2, 0.25) is 0 Å². The molecule has 41 heavy (non-hydrogen) atoms. The summed E-state index contributed by atoms with van der Waals surface area (Å²) in [5, 5.41) is 16.6. The van der Waals surface area contributed by atoms with Crippen molar-refractivity contribution >= 4 is 0 Å². The second-order valence-electron chi connectivity index (χ2n) is 12.8. The second kappa shape index (κ2) is 28.3. The Balaban J connectivity index is 0.000000479. The predicted octanol–water partition coefficient (Wildman–Crippen LogP) is 7.39. The molecule has 0 spiro atoms. The van der Waals surface area contributed by atoms with Crippen LogP contribution in [0, 0.1) is 29.6 Å². The standard InChI is InChI=1S/C9H17N.C7H13N.C6H13N.2C5H11N.C3H8.CH4/c1-2-7-3-8-5-10-6-9(8)4-7;1-2-7-3-5-8-6-4-7;1-2-6-3-4-7-5-6;1-2-5-3-6-4-5;1-2-4-6-5-3-1;1-3-2;/h7-10H,2-6H2,1H3;3,8H,2,4-6H2,1H3;6-7H,2-5H2,1H3;5-6H,2-4H2,1H3;6H,1-5H2;3H2,1-2H3;1H4. The first-order valence-electron chi connectivity index (χ1n) is 17.8. The summed E-state index contributed by atoms with van der Waals surface area (Å²) in [6.07, 6.45) is 18.8. The number of nitrogens with one attached hydrogen (secondary N) is 5. The van der Waals surface area contributed by atoms with E-state index in [2.05, 4.69) is 74.2 Å². The van der Waals surface area contributed by atoms with Crippen molar-refractivity contribution in [3.8, 4) is 0 Å². The molecule has 0 aromatic carbocycles. The molecule has 0 amide bonds. The van der Waals surface area contributed by atoms with Crippen molar-refractivity contribution in [2.75, 3.05) is 65.4 Å². The molecule has 0 bridgehead atoms. The zero-order chi connectivity index (χ0) is 29.3. The summed E-state index contributed by atoms with van der Waals surface area (Å²) in [7, 11) is 0. The number of piperidine rings is 1. The van der Waals surface area contributed by atoms with Gasteiger partial charge in [0.15, 0.2) is 0 Å². The van der Waals surface area contributed by atoms with Gasteiger partial charge in [-0.05, 0) is 133 Å².